The van der Waals surface area contributed by atoms with E-state index in [-0.39, 0.29) is 18.1 Å². The zero-order valence-corrected chi connectivity index (χ0v) is 20.8. The van der Waals surface area contributed by atoms with Gasteiger partial charge in [0.2, 0.25) is 5.91 Å². The molecule has 1 aliphatic rings. The third kappa shape index (κ3) is 6.24. The van der Waals surface area contributed by atoms with Crippen LogP contribution in [0.4, 0.5) is 14.9 Å². The van der Waals surface area contributed by atoms with Crippen molar-refractivity contribution in [2.75, 3.05) is 11.9 Å². The first-order valence-electron chi connectivity index (χ1n) is 10.7. The molecule has 7 nitrogen and oxygen atoms in total. The van der Waals surface area contributed by atoms with Gasteiger partial charge in [-0.1, -0.05) is 35.9 Å². The van der Waals surface area contributed by atoms with E-state index in [9.17, 15) is 18.8 Å². The van der Waals surface area contributed by atoms with Gasteiger partial charge >= 0.3 is 6.03 Å². The van der Waals surface area contributed by atoms with Gasteiger partial charge in [0, 0.05) is 5.69 Å². The summed E-state index contributed by atoms with van der Waals surface area (Å²) in [4.78, 5) is 38.2. The van der Waals surface area contributed by atoms with Gasteiger partial charge in [0.05, 0.1) is 3.57 Å². The molecular weight excluding hydrogens is 564 g/mol. The molecule has 0 saturated carbocycles. The molecule has 0 bridgehead atoms. The Hall–Kier alpha value is -3.73. The number of imide groups is 1. The molecule has 0 atom stereocenters. The highest BCUT2D eigenvalue weighted by molar-refractivity contribution is 14.1. The summed E-state index contributed by atoms with van der Waals surface area (Å²) in [5.41, 5.74) is 3.22. The molecule has 1 saturated heterocycles. The Labute approximate surface area is 215 Å². The Balaban J connectivity index is 1.39. The molecule has 9 heteroatoms. The SMILES string of the molecule is Cc1ccc(NC(=O)CN2C(=O)N/C(=C/c3ccc(OCc4ccc(F)cc4)c(I)c3)C2=O)cc1. The molecule has 1 fully saturated rings. The predicted molar refractivity (Wildman–Crippen MR) is 138 cm³/mol. The number of anilines is 1. The lowest BCUT2D eigenvalue weighted by atomic mass is 10.2. The molecule has 4 rings (SSSR count). The maximum absolute atomic E-state index is 13.0. The van der Waals surface area contributed by atoms with Gasteiger partial charge < -0.3 is 15.4 Å². The second kappa shape index (κ2) is 10.7. The average Bonchev–Trinajstić information content (AvgIpc) is 3.08. The molecule has 3 aromatic carbocycles. The maximum atomic E-state index is 13.0. The summed E-state index contributed by atoms with van der Waals surface area (Å²) in [6.45, 7) is 1.82. The van der Waals surface area contributed by atoms with E-state index in [1.165, 1.54) is 12.1 Å². The molecule has 0 aliphatic carbocycles. The van der Waals surface area contributed by atoms with E-state index >= 15 is 0 Å². The van der Waals surface area contributed by atoms with Crippen molar-refractivity contribution < 1.29 is 23.5 Å². The van der Waals surface area contributed by atoms with Crippen molar-refractivity contribution in [3.63, 3.8) is 0 Å². The van der Waals surface area contributed by atoms with Crippen molar-refractivity contribution in [2.45, 2.75) is 13.5 Å². The molecule has 35 heavy (non-hydrogen) atoms. The number of halogens is 2. The fourth-order valence-corrected chi connectivity index (χ4v) is 4.02. The molecule has 0 spiro atoms. The number of benzene rings is 3. The Kier molecular flexibility index (Phi) is 7.45. The van der Waals surface area contributed by atoms with Crippen LogP contribution < -0.4 is 15.4 Å². The van der Waals surface area contributed by atoms with E-state index in [0.29, 0.717) is 17.0 Å². The number of rotatable bonds is 7. The third-order valence-corrected chi connectivity index (χ3v) is 6.02. The molecule has 178 valence electrons. The number of hydrogen-bond donors (Lipinski definition) is 2. The highest BCUT2D eigenvalue weighted by Crippen LogP contribution is 2.25. The summed E-state index contributed by atoms with van der Waals surface area (Å²) in [7, 11) is 0. The van der Waals surface area contributed by atoms with Gasteiger partial charge in [-0.25, -0.2) is 14.1 Å². The predicted octanol–water partition coefficient (Wildman–Crippen LogP) is 4.85. The van der Waals surface area contributed by atoms with Gasteiger partial charge in [0.25, 0.3) is 5.91 Å². The minimum absolute atomic E-state index is 0.0777. The number of carbonyl (C=O) groups excluding carboxylic acids is 3. The highest BCUT2D eigenvalue weighted by atomic mass is 127. The van der Waals surface area contributed by atoms with E-state index in [2.05, 4.69) is 33.2 Å². The van der Waals surface area contributed by atoms with E-state index in [4.69, 9.17) is 4.74 Å². The van der Waals surface area contributed by atoms with Gasteiger partial charge in [0.15, 0.2) is 0 Å². The Morgan fingerprint density at radius 1 is 1.09 bits per heavy atom. The van der Waals surface area contributed by atoms with Crippen LogP contribution in [-0.2, 0) is 16.2 Å². The monoisotopic (exact) mass is 585 g/mol. The number of urea groups is 1. The van der Waals surface area contributed by atoms with E-state index < -0.39 is 24.4 Å². The van der Waals surface area contributed by atoms with Crippen LogP contribution in [0, 0.1) is 16.3 Å². The first kappa shape index (κ1) is 24.4. The summed E-state index contributed by atoms with van der Waals surface area (Å²) < 4.78 is 19.6. The summed E-state index contributed by atoms with van der Waals surface area (Å²) in [5.74, 6) is -0.732. The minimum Gasteiger partial charge on any atom is -0.488 e. The van der Waals surface area contributed by atoms with Gasteiger partial charge in [0.1, 0.15) is 30.4 Å². The molecule has 4 amide bonds. The summed E-state index contributed by atoms with van der Waals surface area (Å²) >= 11 is 2.11. The lowest BCUT2D eigenvalue weighted by Crippen LogP contribution is -2.38. The Bertz CT molecular complexity index is 1310. The Morgan fingerprint density at radius 2 is 1.80 bits per heavy atom. The van der Waals surface area contributed by atoms with E-state index in [1.54, 1.807) is 48.5 Å². The molecule has 0 unspecified atom stereocenters. The van der Waals surface area contributed by atoms with Crippen molar-refractivity contribution in [1.29, 1.82) is 0 Å². The number of nitrogens with zero attached hydrogens (tertiary/aromatic N) is 1. The van der Waals surface area contributed by atoms with Crippen LogP contribution in [0.1, 0.15) is 16.7 Å². The number of amides is 4. The van der Waals surface area contributed by atoms with E-state index in [1.807, 2.05) is 19.1 Å². The van der Waals surface area contributed by atoms with Crippen molar-refractivity contribution >= 4 is 52.2 Å². The van der Waals surface area contributed by atoms with Crippen LogP contribution in [0.5, 0.6) is 5.75 Å². The van der Waals surface area contributed by atoms with Crippen LogP contribution in [-0.4, -0.2) is 29.3 Å². The standard InChI is InChI=1S/C26H21FIN3O4/c1-16-2-9-20(10-3-16)29-24(32)14-31-25(33)22(30-26(31)34)13-18-6-11-23(21(28)12-18)35-15-17-4-7-19(27)8-5-17/h2-13H,14-15H2,1H3,(H,29,32)(H,30,34)/b22-13+. The molecule has 2 N–H and O–H groups in total. The normalized spacial score (nSPS) is 14.3. The number of ether oxygens (including phenoxy) is 1. The number of carbonyl (C=O) groups is 3. The number of nitrogens with one attached hydrogen (secondary N) is 2. The fourth-order valence-electron chi connectivity index (χ4n) is 3.33. The fraction of sp³-hybridized carbons (Fsp3) is 0.115. The first-order chi connectivity index (χ1) is 16.8. The number of aryl methyl sites for hydroxylation is 1. The molecule has 0 radical (unpaired) electrons. The highest BCUT2D eigenvalue weighted by Gasteiger charge is 2.34. The lowest BCUT2D eigenvalue weighted by Gasteiger charge is -2.12. The second-order valence-electron chi connectivity index (χ2n) is 7.90. The van der Waals surface area contributed by atoms with Gasteiger partial charge in [-0.3, -0.25) is 9.59 Å². The maximum Gasteiger partial charge on any atom is 0.329 e. The molecule has 1 aliphatic heterocycles. The molecule has 0 aromatic heterocycles. The zero-order valence-electron chi connectivity index (χ0n) is 18.7. The average molecular weight is 585 g/mol. The Morgan fingerprint density at radius 3 is 2.49 bits per heavy atom. The summed E-state index contributed by atoms with van der Waals surface area (Å²) in [5, 5.41) is 5.19. The molecule has 3 aromatic rings. The summed E-state index contributed by atoms with van der Waals surface area (Å²) in [6, 6.07) is 17.9. The quantitative estimate of drug-likeness (QED) is 0.236. The van der Waals surface area contributed by atoms with Crippen LogP contribution in [0.25, 0.3) is 6.08 Å². The van der Waals surface area contributed by atoms with Crippen LogP contribution in [0.3, 0.4) is 0 Å². The lowest BCUT2D eigenvalue weighted by molar-refractivity contribution is -0.127. The van der Waals surface area contributed by atoms with Gasteiger partial charge in [-0.15, -0.1) is 0 Å². The largest absolute Gasteiger partial charge is 0.488 e. The minimum atomic E-state index is -0.658. The second-order valence-corrected chi connectivity index (χ2v) is 9.06. The first-order valence-corrected chi connectivity index (χ1v) is 11.7. The van der Waals surface area contributed by atoms with E-state index in [0.717, 1.165) is 19.6 Å². The third-order valence-electron chi connectivity index (χ3n) is 5.17. The van der Waals surface area contributed by atoms with Crippen LogP contribution in [0.15, 0.2) is 72.4 Å². The smallest absolute Gasteiger partial charge is 0.329 e. The summed E-state index contributed by atoms with van der Waals surface area (Å²) in [6.07, 6.45) is 1.55. The van der Waals surface area contributed by atoms with Crippen LogP contribution >= 0.6 is 22.6 Å². The topological polar surface area (TPSA) is 87.7 Å². The van der Waals surface area contributed by atoms with Crippen molar-refractivity contribution in [2.24, 2.45) is 0 Å². The van der Waals surface area contributed by atoms with Crippen LogP contribution in [0.2, 0.25) is 0 Å². The van der Waals surface area contributed by atoms with Crippen molar-refractivity contribution in [3.05, 3.63) is 98.5 Å². The molecular formula is C26H21FIN3O4. The van der Waals surface area contributed by atoms with Gasteiger partial charge in [-0.2, -0.15) is 0 Å². The van der Waals surface area contributed by atoms with Crippen molar-refractivity contribution in [1.82, 2.24) is 10.2 Å². The zero-order chi connectivity index (χ0) is 24.9. The van der Waals surface area contributed by atoms with Gasteiger partial charge in [-0.05, 0) is 83.1 Å². The molecule has 1 heterocycles. The number of hydrogen-bond acceptors (Lipinski definition) is 4. The van der Waals surface area contributed by atoms with Crippen molar-refractivity contribution in [3.8, 4) is 5.75 Å².